The molecule has 0 aliphatic carbocycles. The Morgan fingerprint density at radius 2 is 1.91 bits per heavy atom. The molecule has 0 spiro atoms. The molecule has 0 saturated carbocycles. The van der Waals surface area contributed by atoms with Crippen molar-refractivity contribution in [2.24, 2.45) is 0 Å². The van der Waals surface area contributed by atoms with E-state index >= 15 is 0 Å². The molecule has 1 aromatic carbocycles. The molecular formula is C8H8ClNO. The number of nitrogens with zero attached hydrogens (tertiary/aromatic N) is 1. The summed E-state index contributed by atoms with van der Waals surface area (Å²) in [5.41, 5.74) is 0.854. The van der Waals surface area contributed by atoms with Gasteiger partial charge in [0.25, 0.3) is 0 Å². The third-order valence-electron chi connectivity index (χ3n) is 1.20. The first-order chi connectivity index (χ1) is 5.18. The second kappa shape index (κ2) is 3.39. The molecule has 0 amide bonds. The van der Waals surface area contributed by atoms with Crippen molar-refractivity contribution < 1.29 is 4.74 Å². The zero-order valence-electron chi connectivity index (χ0n) is 6.12. The summed E-state index contributed by atoms with van der Waals surface area (Å²) in [7, 11) is 1.44. The van der Waals surface area contributed by atoms with Crippen molar-refractivity contribution in [1.82, 2.24) is 0 Å². The maximum Gasteiger partial charge on any atom is 0.181 e. The first-order valence-electron chi connectivity index (χ1n) is 3.19. The molecule has 1 rings (SSSR count). The molecule has 0 aliphatic heterocycles. The van der Waals surface area contributed by atoms with E-state index in [0.717, 1.165) is 10.3 Å². The van der Waals surface area contributed by atoms with E-state index in [2.05, 4.69) is 0 Å². The second-order valence-corrected chi connectivity index (χ2v) is 2.66. The van der Waals surface area contributed by atoms with E-state index in [1.54, 1.807) is 24.3 Å². The van der Waals surface area contributed by atoms with E-state index in [1.165, 1.54) is 13.3 Å². The maximum atomic E-state index is 10.5. The van der Waals surface area contributed by atoms with Gasteiger partial charge in [0.1, 0.15) is 7.05 Å². The highest BCUT2D eigenvalue weighted by molar-refractivity contribution is 6.30. The van der Waals surface area contributed by atoms with Crippen LogP contribution in [0.25, 0.3) is 0 Å². The zero-order valence-corrected chi connectivity index (χ0v) is 6.88. The fourth-order valence-corrected chi connectivity index (χ4v) is 0.885. The van der Waals surface area contributed by atoms with E-state index < -0.39 is 0 Å². The minimum atomic E-state index is 0.677. The van der Waals surface area contributed by atoms with Crippen molar-refractivity contribution in [1.29, 1.82) is 0 Å². The average Bonchev–Trinajstić information content (AvgIpc) is 1.93. The van der Waals surface area contributed by atoms with Crippen molar-refractivity contribution >= 4 is 17.8 Å². The first-order valence-corrected chi connectivity index (χ1v) is 3.56. The number of hydrogen-bond donors (Lipinski definition) is 0. The van der Waals surface area contributed by atoms with Gasteiger partial charge in [-0.2, -0.15) is 0 Å². The topological polar surface area (TPSA) is 26.1 Å². The van der Waals surface area contributed by atoms with E-state index in [1.807, 2.05) is 0 Å². The van der Waals surface area contributed by atoms with Crippen LogP contribution in [0.5, 0.6) is 0 Å². The number of hydrogen-bond acceptors (Lipinski definition) is 1. The molecule has 0 saturated heterocycles. The Kier molecular flexibility index (Phi) is 2.49. The average molecular weight is 170 g/mol. The molecule has 0 aliphatic rings. The SMILES string of the molecule is C/[N+]([O-])=C/c1ccc(Cl)cc1. The predicted molar refractivity (Wildman–Crippen MR) is 46.2 cm³/mol. The number of halogens is 1. The molecule has 2 nitrogen and oxygen atoms in total. The molecule has 0 atom stereocenters. The quantitative estimate of drug-likeness (QED) is 0.273. The summed E-state index contributed by atoms with van der Waals surface area (Å²) in [6, 6.07) is 7.07. The number of hydroxylamine groups is 1. The molecule has 0 N–H and O–H groups in total. The molecule has 0 aromatic heterocycles. The van der Waals surface area contributed by atoms with Crippen LogP contribution >= 0.6 is 11.6 Å². The van der Waals surface area contributed by atoms with Gasteiger partial charge < -0.3 is 5.21 Å². The highest BCUT2D eigenvalue weighted by Gasteiger charge is 1.90. The second-order valence-electron chi connectivity index (χ2n) is 2.23. The molecule has 0 heterocycles. The van der Waals surface area contributed by atoms with Gasteiger partial charge >= 0.3 is 0 Å². The molecule has 11 heavy (non-hydrogen) atoms. The largest absolute Gasteiger partial charge is 0.624 e. The van der Waals surface area contributed by atoms with Crippen molar-refractivity contribution in [2.45, 2.75) is 0 Å². The Morgan fingerprint density at radius 1 is 1.36 bits per heavy atom. The summed E-state index contributed by atoms with van der Waals surface area (Å²) < 4.78 is 0.753. The van der Waals surface area contributed by atoms with Gasteiger partial charge in [0.2, 0.25) is 0 Å². The molecule has 0 bridgehead atoms. The highest BCUT2D eigenvalue weighted by atomic mass is 35.5. The van der Waals surface area contributed by atoms with Gasteiger partial charge in [0.05, 0.1) is 0 Å². The summed E-state index contributed by atoms with van der Waals surface area (Å²) in [6.07, 6.45) is 1.48. The monoisotopic (exact) mass is 169 g/mol. The van der Waals surface area contributed by atoms with Crippen LogP contribution in [-0.4, -0.2) is 18.0 Å². The van der Waals surface area contributed by atoms with E-state index in [0.29, 0.717) is 5.02 Å². The van der Waals surface area contributed by atoms with Crippen LogP contribution in [-0.2, 0) is 0 Å². The Bertz CT molecular complexity index is 262. The van der Waals surface area contributed by atoms with E-state index in [4.69, 9.17) is 11.6 Å². The van der Waals surface area contributed by atoms with Gasteiger partial charge in [0.15, 0.2) is 6.21 Å². The summed E-state index contributed by atoms with van der Waals surface area (Å²) in [5.74, 6) is 0. The van der Waals surface area contributed by atoms with Crippen LogP contribution in [0.4, 0.5) is 0 Å². The van der Waals surface area contributed by atoms with Gasteiger partial charge in [-0.15, -0.1) is 0 Å². The smallest absolute Gasteiger partial charge is 0.181 e. The molecular weight excluding hydrogens is 162 g/mol. The summed E-state index contributed by atoms with van der Waals surface area (Å²) in [4.78, 5) is 0. The van der Waals surface area contributed by atoms with Crippen LogP contribution in [0.2, 0.25) is 5.02 Å². The van der Waals surface area contributed by atoms with Crippen molar-refractivity contribution in [2.75, 3.05) is 7.05 Å². The molecule has 0 fully saturated rings. The first kappa shape index (κ1) is 8.08. The lowest BCUT2D eigenvalue weighted by Gasteiger charge is -1.94. The molecule has 58 valence electrons. The Balaban J connectivity index is 2.91. The number of rotatable bonds is 1. The summed E-state index contributed by atoms with van der Waals surface area (Å²) >= 11 is 5.64. The third-order valence-corrected chi connectivity index (χ3v) is 1.45. The number of benzene rings is 1. The van der Waals surface area contributed by atoms with Crippen molar-refractivity contribution in [3.63, 3.8) is 0 Å². The van der Waals surface area contributed by atoms with Gasteiger partial charge in [-0.25, -0.2) is 4.74 Å². The Morgan fingerprint density at radius 3 is 2.36 bits per heavy atom. The van der Waals surface area contributed by atoms with Gasteiger partial charge in [-0.3, -0.25) is 0 Å². The van der Waals surface area contributed by atoms with Crippen LogP contribution in [0.15, 0.2) is 24.3 Å². The van der Waals surface area contributed by atoms with Crippen molar-refractivity contribution in [3.05, 3.63) is 40.1 Å². The lowest BCUT2D eigenvalue weighted by Crippen LogP contribution is -1.96. The fraction of sp³-hybridized carbons (Fsp3) is 0.125. The minimum Gasteiger partial charge on any atom is -0.624 e. The summed E-state index contributed by atoms with van der Waals surface area (Å²) in [5, 5.41) is 11.2. The zero-order chi connectivity index (χ0) is 8.27. The maximum absolute atomic E-state index is 10.5. The van der Waals surface area contributed by atoms with E-state index in [9.17, 15) is 5.21 Å². The van der Waals surface area contributed by atoms with Crippen LogP contribution in [0.1, 0.15) is 5.56 Å². The Hall–Kier alpha value is -1.02. The molecule has 0 radical (unpaired) electrons. The molecule has 3 heteroatoms. The predicted octanol–water partition coefficient (Wildman–Crippen LogP) is 1.90. The summed E-state index contributed by atoms with van der Waals surface area (Å²) in [6.45, 7) is 0. The van der Waals surface area contributed by atoms with Crippen LogP contribution in [0.3, 0.4) is 0 Å². The highest BCUT2D eigenvalue weighted by Crippen LogP contribution is 2.07. The fourth-order valence-electron chi connectivity index (χ4n) is 0.759. The third kappa shape index (κ3) is 2.60. The van der Waals surface area contributed by atoms with Gasteiger partial charge in [0, 0.05) is 10.6 Å². The van der Waals surface area contributed by atoms with Crippen molar-refractivity contribution in [3.8, 4) is 0 Å². The minimum absolute atomic E-state index is 0.677. The Labute approximate surface area is 70.3 Å². The van der Waals surface area contributed by atoms with Crippen LogP contribution in [0, 0.1) is 5.21 Å². The van der Waals surface area contributed by atoms with Crippen LogP contribution < -0.4 is 0 Å². The lowest BCUT2D eigenvalue weighted by molar-refractivity contribution is -0.416. The van der Waals surface area contributed by atoms with E-state index in [-0.39, 0.29) is 0 Å². The lowest BCUT2D eigenvalue weighted by atomic mass is 10.2. The molecule has 1 aromatic rings. The normalized spacial score (nSPS) is 11.6. The molecule has 0 unspecified atom stereocenters. The van der Waals surface area contributed by atoms with Gasteiger partial charge in [-0.05, 0) is 24.3 Å². The standard InChI is InChI=1S/C8H8ClNO/c1-10(11)6-7-2-4-8(9)5-3-7/h2-6H,1H3/b10-6-. The van der Waals surface area contributed by atoms with Gasteiger partial charge in [-0.1, -0.05) is 11.6 Å².